The van der Waals surface area contributed by atoms with Crippen LogP contribution in [0.15, 0.2) is 59.3 Å². The van der Waals surface area contributed by atoms with Crippen LogP contribution in [0.3, 0.4) is 0 Å². The summed E-state index contributed by atoms with van der Waals surface area (Å²) in [4.78, 5) is 24.8. The van der Waals surface area contributed by atoms with E-state index in [1.54, 1.807) is 22.8 Å². The molecule has 0 unspecified atom stereocenters. The minimum Gasteiger partial charge on any atom is -0.493 e. The summed E-state index contributed by atoms with van der Waals surface area (Å²) in [6.07, 6.45) is 1.64. The van der Waals surface area contributed by atoms with Gasteiger partial charge >= 0.3 is 0 Å². The Morgan fingerprint density at radius 3 is 2.39 bits per heavy atom. The van der Waals surface area contributed by atoms with Crippen LogP contribution in [-0.4, -0.2) is 49.4 Å². The van der Waals surface area contributed by atoms with Crippen LogP contribution in [0.2, 0.25) is 0 Å². The van der Waals surface area contributed by atoms with E-state index in [2.05, 4.69) is 22.1 Å². The molecule has 3 aromatic rings. The molecule has 0 aliphatic heterocycles. The van der Waals surface area contributed by atoms with Crippen molar-refractivity contribution in [1.29, 1.82) is 0 Å². The molecule has 2 amide bonds. The first-order chi connectivity index (χ1) is 15.9. The third-order valence-corrected chi connectivity index (χ3v) is 4.82. The zero-order chi connectivity index (χ0) is 24.0. The lowest BCUT2D eigenvalue weighted by Crippen LogP contribution is -2.28. The predicted molar refractivity (Wildman–Crippen MR) is 122 cm³/mol. The summed E-state index contributed by atoms with van der Waals surface area (Å²) in [5.41, 5.74) is 1.10. The smallest absolute Gasteiger partial charge is 0.283 e. The van der Waals surface area contributed by atoms with Gasteiger partial charge in [0.25, 0.3) is 11.8 Å². The van der Waals surface area contributed by atoms with Crippen LogP contribution < -0.4 is 19.5 Å². The number of nitrogens with zero attached hydrogens (tertiary/aromatic N) is 3. The molecule has 33 heavy (non-hydrogen) atoms. The molecule has 0 atom stereocenters. The number of hydrogen-bond donors (Lipinski definition) is 2. The SMILES string of the molecule is C=CCn1c(O)c(N=NC(=O)CNC(=O)c2cc(OC)c(OC)c(OC)c2)c2ccccc21. The topological polar surface area (TPSA) is 124 Å². The molecule has 2 N–H and O–H groups in total. The van der Waals surface area contributed by atoms with Gasteiger partial charge in [0.1, 0.15) is 6.54 Å². The summed E-state index contributed by atoms with van der Waals surface area (Å²) in [6, 6.07) is 10.1. The Balaban J connectivity index is 1.74. The van der Waals surface area contributed by atoms with Crippen molar-refractivity contribution in [2.75, 3.05) is 27.9 Å². The Kier molecular flexibility index (Phi) is 7.29. The molecule has 2 aromatic carbocycles. The standard InChI is InChI=1S/C23H24N4O6/c1-5-10-27-16-9-7-6-8-15(16)20(23(27)30)26-25-19(28)13-24-22(29)14-11-17(31-2)21(33-4)18(12-14)32-3/h5-9,11-12,30H,1,10,13H2,2-4H3,(H,24,29). The summed E-state index contributed by atoms with van der Waals surface area (Å²) in [5.74, 6) is -0.413. The first kappa shape index (κ1) is 23.3. The molecular formula is C23H24N4O6. The number of carbonyl (C=O) groups is 2. The van der Waals surface area contributed by atoms with Crippen LogP contribution in [-0.2, 0) is 11.3 Å². The third kappa shape index (κ3) is 4.79. The molecule has 1 heterocycles. The van der Waals surface area contributed by atoms with Gasteiger partial charge in [-0.25, -0.2) is 0 Å². The minimum absolute atomic E-state index is 0.130. The van der Waals surface area contributed by atoms with E-state index in [0.717, 1.165) is 5.52 Å². The molecule has 0 spiro atoms. The second-order valence-corrected chi connectivity index (χ2v) is 6.78. The number of methoxy groups -OCH3 is 3. The predicted octanol–water partition coefficient (Wildman–Crippen LogP) is 3.60. The molecule has 0 bridgehead atoms. The average molecular weight is 452 g/mol. The van der Waals surface area contributed by atoms with Gasteiger partial charge in [0.05, 0.1) is 26.8 Å². The number of azo groups is 1. The van der Waals surface area contributed by atoms with E-state index in [4.69, 9.17) is 14.2 Å². The second kappa shape index (κ2) is 10.3. The molecule has 3 rings (SSSR count). The van der Waals surface area contributed by atoms with E-state index in [9.17, 15) is 14.7 Å². The van der Waals surface area contributed by atoms with Crippen molar-refractivity contribution in [2.45, 2.75) is 6.54 Å². The summed E-state index contributed by atoms with van der Waals surface area (Å²) in [5, 5.41) is 21.2. The largest absolute Gasteiger partial charge is 0.493 e. The summed E-state index contributed by atoms with van der Waals surface area (Å²) in [6.45, 7) is 3.65. The van der Waals surface area contributed by atoms with Crippen molar-refractivity contribution < 1.29 is 28.9 Å². The van der Waals surface area contributed by atoms with E-state index in [1.165, 1.54) is 33.5 Å². The van der Waals surface area contributed by atoms with E-state index in [0.29, 0.717) is 29.2 Å². The van der Waals surface area contributed by atoms with Crippen LogP contribution in [0.1, 0.15) is 10.4 Å². The van der Waals surface area contributed by atoms with E-state index < -0.39 is 18.4 Å². The van der Waals surface area contributed by atoms with Crippen molar-refractivity contribution >= 4 is 28.4 Å². The van der Waals surface area contributed by atoms with Gasteiger partial charge in [-0.15, -0.1) is 16.8 Å². The van der Waals surface area contributed by atoms with E-state index in [-0.39, 0.29) is 17.1 Å². The molecule has 172 valence electrons. The Morgan fingerprint density at radius 1 is 1.12 bits per heavy atom. The van der Waals surface area contributed by atoms with Crippen LogP contribution in [0.4, 0.5) is 5.69 Å². The average Bonchev–Trinajstić information content (AvgIpc) is 3.10. The Bertz CT molecular complexity index is 1210. The number of amides is 2. The molecule has 1 aromatic heterocycles. The van der Waals surface area contributed by atoms with Crippen molar-refractivity contribution in [3.05, 3.63) is 54.6 Å². The van der Waals surface area contributed by atoms with Crippen LogP contribution in [0.5, 0.6) is 23.1 Å². The van der Waals surface area contributed by atoms with Gasteiger partial charge in [-0.1, -0.05) is 24.3 Å². The molecule has 0 radical (unpaired) electrons. The lowest BCUT2D eigenvalue weighted by Gasteiger charge is -2.13. The first-order valence-corrected chi connectivity index (χ1v) is 9.89. The van der Waals surface area contributed by atoms with Crippen LogP contribution in [0.25, 0.3) is 10.9 Å². The van der Waals surface area contributed by atoms with Crippen molar-refractivity contribution in [3.8, 4) is 23.1 Å². The lowest BCUT2D eigenvalue weighted by atomic mass is 10.1. The summed E-state index contributed by atoms with van der Waals surface area (Å²) in [7, 11) is 4.32. The van der Waals surface area contributed by atoms with Gasteiger partial charge in [-0.3, -0.25) is 9.59 Å². The number of aromatic hydroxyl groups is 1. The number of ether oxygens (including phenoxy) is 3. The fourth-order valence-electron chi connectivity index (χ4n) is 3.30. The maximum absolute atomic E-state index is 12.5. The third-order valence-electron chi connectivity index (χ3n) is 4.82. The molecule has 0 saturated carbocycles. The van der Waals surface area contributed by atoms with Crippen LogP contribution in [0, 0.1) is 0 Å². The Labute approximate surface area is 190 Å². The number of rotatable bonds is 9. The highest BCUT2D eigenvalue weighted by atomic mass is 16.5. The molecular weight excluding hydrogens is 428 g/mol. The van der Waals surface area contributed by atoms with Crippen molar-refractivity contribution in [1.82, 2.24) is 9.88 Å². The van der Waals surface area contributed by atoms with E-state index >= 15 is 0 Å². The second-order valence-electron chi connectivity index (χ2n) is 6.78. The number of fused-ring (bicyclic) bond motifs is 1. The minimum atomic E-state index is -0.698. The number of carbonyl (C=O) groups excluding carboxylic acids is 2. The lowest BCUT2D eigenvalue weighted by molar-refractivity contribution is -0.117. The highest BCUT2D eigenvalue weighted by Gasteiger charge is 2.18. The monoisotopic (exact) mass is 452 g/mol. The van der Waals surface area contributed by atoms with Crippen LogP contribution >= 0.6 is 0 Å². The molecule has 10 heteroatoms. The fourth-order valence-corrected chi connectivity index (χ4v) is 3.30. The van der Waals surface area contributed by atoms with Gasteiger partial charge in [-0.2, -0.15) is 0 Å². The number of para-hydroxylation sites is 1. The Morgan fingerprint density at radius 2 is 1.79 bits per heavy atom. The normalized spacial score (nSPS) is 10.9. The summed E-state index contributed by atoms with van der Waals surface area (Å²) >= 11 is 0. The number of benzene rings is 2. The first-order valence-electron chi connectivity index (χ1n) is 9.89. The van der Waals surface area contributed by atoms with Gasteiger partial charge in [0.2, 0.25) is 11.6 Å². The maximum Gasteiger partial charge on any atom is 0.283 e. The zero-order valence-corrected chi connectivity index (χ0v) is 18.5. The van der Waals surface area contributed by atoms with Crippen molar-refractivity contribution in [3.63, 3.8) is 0 Å². The Hall–Kier alpha value is -4.34. The highest BCUT2D eigenvalue weighted by Crippen LogP contribution is 2.39. The molecule has 10 nitrogen and oxygen atoms in total. The molecule has 0 fully saturated rings. The maximum atomic E-state index is 12.5. The van der Waals surface area contributed by atoms with Crippen molar-refractivity contribution in [2.24, 2.45) is 10.2 Å². The zero-order valence-electron chi connectivity index (χ0n) is 18.5. The molecule has 0 aliphatic rings. The van der Waals surface area contributed by atoms with Gasteiger partial charge in [0, 0.05) is 17.5 Å². The molecule has 0 aliphatic carbocycles. The number of allylic oxidation sites excluding steroid dienone is 1. The van der Waals surface area contributed by atoms with Gasteiger partial charge < -0.3 is 29.2 Å². The number of hydrogen-bond acceptors (Lipinski definition) is 7. The highest BCUT2D eigenvalue weighted by molar-refractivity contribution is 5.98. The van der Waals surface area contributed by atoms with Gasteiger partial charge in [-0.05, 0) is 18.2 Å². The quantitative estimate of drug-likeness (QED) is 0.378. The number of nitrogens with one attached hydrogen (secondary N) is 1. The van der Waals surface area contributed by atoms with E-state index in [1.807, 2.05) is 12.1 Å². The number of aromatic nitrogens is 1. The fraction of sp³-hybridized carbons (Fsp3) is 0.217. The molecule has 0 saturated heterocycles. The van der Waals surface area contributed by atoms with Gasteiger partial charge in [0.15, 0.2) is 17.2 Å². The summed E-state index contributed by atoms with van der Waals surface area (Å²) < 4.78 is 17.3.